The minimum Gasteiger partial charge on any atom is -0.465 e. The van der Waals surface area contributed by atoms with Crippen molar-refractivity contribution in [3.8, 4) is 0 Å². The quantitative estimate of drug-likeness (QED) is 0.643. The Morgan fingerprint density at radius 3 is 2.64 bits per heavy atom. The molecule has 1 heterocycles. The molecular formula is C16H24N2O2S2. The molecule has 0 amide bonds. The molecule has 0 radical (unpaired) electrons. The van der Waals surface area contributed by atoms with Gasteiger partial charge in [-0.3, -0.25) is 0 Å². The summed E-state index contributed by atoms with van der Waals surface area (Å²) in [4.78, 5) is 13.1. The average molecular weight is 341 g/mol. The minimum absolute atomic E-state index is 0.321. The van der Waals surface area contributed by atoms with Crippen LogP contribution in [0.3, 0.4) is 0 Å². The second-order valence-corrected chi connectivity index (χ2v) is 7.58. The molecule has 122 valence electrons. The molecular weight excluding hydrogens is 316 g/mol. The number of nitrogens with one attached hydrogen (secondary N) is 2. The van der Waals surface area contributed by atoms with E-state index < -0.39 is 0 Å². The van der Waals surface area contributed by atoms with Crippen LogP contribution in [0.15, 0.2) is 0 Å². The lowest BCUT2D eigenvalue weighted by atomic mass is 9.86. The highest BCUT2D eigenvalue weighted by Gasteiger charge is 2.24. The smallest absolute Gasteiger partial charge is 0.341 e. The molecule has 0 unspecified atom stereocenters. The van der Waals surface area contributed by atoms with Crippen molar-refractivity contribution in [2.75, 3.05) is 12.4 Å². The largest absolute Gasteiger partial charge is 0.465 e. The standard InChI is InChI=1S/C16H24N2O2S2/c1-9-7-5-6-8-12(9)17-16(21)18-14-13(15(19)20-4)10(2)11(3)22-14/h9,12H,5-8H2,1-4H3,(H2,17,18,21)/t9-,12+/m1/s1. The maximum Gasteiger partial charge on any atom is 0.341 e. The Hall–Kier alpha value is -1.14. The number of ether oxygens (including phenoxy) is 1. The van der Waals surface area contributed by atoms with Crippen molar-refractivity contribution in [2.24, 2.45) is 5.92 Å². The Bertz CT molecular complexity index is 569. The van der Waals surface area contributed by atoms with Crippen LogP contribution in [0.5, 0.6) is 0 Å². The molecule has 2 rings (SSSR count). The number of aryl methyl sites for hydroxylation is 1. The fraction of sp³-hybridized carbons (Fsp3) is 0.625. The summed E-state index contributed by atoms with van der Waals surface area (Å²) in [6, 6.07) is 0.414. The van der Waals surface area contributed by atoms with Gasteiger partial charge in [0.05, 0.1) is 12.7 Å². The Kier molecular flexibility index (Phi) is 5.81. The normalized spacial score (nSPS) is 21.3. The van der Waals surface area contributed by atoms with E-state index in [1.807, 2.05) is 13.8 Å². The number of thiophene rings is 1. The van der Waals surface area contributed by atoms with Crippen LogP contribution in [0, 0.1) is 19.8 Å². The first-order valence-electron chi connectivity index (χ1n) is 7.69. The van der Waals surface area contributed by atoms with Gasteiger partial charge < -0.3 is 15.4 Å². The minimum atomic E-state index is -0.321. The number of methoxy groups -OCH3 is 1. The molecule has 1 fully saturated rings. The lowest BCUT2D eigenvalue weighted by Crippen LogP contribution is -2.43. The van der Waals surface area contributed by atoms with Gasteiger partial charge in [-0.2, -0.15) is 0 Å². The molecule has 0 aromatic carbocycles. The summed E-state index contributed by atoms with van der Waals surface area (Å²) in [5, 5.41) is 7.95. The first-order valence-corrected chi connectivity index (χ1v) is 8.92. The molecule has 1 aromatic rings. The van der Waals surface area contributed by atoms with Crippen molar-refractivity contribution in [3.63, 3.8) is 0 Å². The maximum absolute atomic E-state index is 12.0. The highest BCUT2D eigenvalue weighted by atomic mass is 32.1. The zero-order valence-corrected chi connectivity index (χ0v) is 15.2. The Balaban J connectivity index is 2.08. The van der Waals surface area contributed by atoms with Crippen molar-refractivity contribution in [3.05, 3.63) is 16.0 Å². The van der Waals surface area contributed by atoms with Crippen LogP contribution in [-0.2, 0) is 4.74 Å². The molecule has 0 bridgehead atoms. The topological polar surface area (TPSA) is 50.4 Å². The number of carbonyl (C=O) groups excluding carboxylic acids is 1. The van der Waals surface area contributed by atoms with Crippen molar-refractivity contribution in [2.45, 2.75) is 52.5 Å². The molecule has 4 nitrogen and oxygen atoms in total. The highest BCUT2D eigenvalue weighted by Crippen LogP contribution is 2.33. The van der Waals surface area contributed by atoms with Gasteiger partial charge in [-0.15, -0.1) is 11.3 Å². The Morgan fingerprint density at radius 1 is 1.32 bits per heavy atom. The summed E-state index contributed by atoms with van der Waals surface area (Å²) in [6.07, 6.45) is 4.94. The van der Waals surface area contributed by atoms with E-state index >= 15 is 0 Å². The van der Waals surface area contributed by atoms with Crippen LogP contribution in [0.25, 0.3) is 0 Å². The molecule has 22 heavy (non-hydrogen) atoms. The van der Waals surface area contributed by atoms with E-state index in [2.05, 4.69) is 17.6 Å². The molecule has 0 aliphatic heterocycles. The fourth-order valence-corrected chi connectivity index (χ4v) is 4.27. The van der Waals surface area contributed by atoms with E-state index in [9.17, 15) is 4.79 Å². The third-order valence-electron chi connectivity index (χ3n) is 4.43. The van der Waals surface area contributed by atoms with Gasteiger partial charge in [0.2, 0.25) is 0 Å². The fourth-order valence-electron chi connectivity index (χ4n) is 2.90. The van der Waals surface area contributed by atoms with Gasteiger partial charge >= 0.3 is 5.97 Å². The van der Waals surface area contributed by atoms with Crippen LogP contribution >= 0.6 is 23.6 Å². The maximum atomic E-state index is 12.0. The monoisotopic (exact) mass is 340 g/mol. The van der Waals surface area contributed by atoms with E-state index in [4.69, 9.17) is 17.0 Å². The molecule has 2 atom stereocenters. The van der Waals surface area contributed by atoms with Crippen molar-refractivity contribution in [1.82, 2.24) is 5.32 Å². The van der Waals surface area contributed by atoms with Crippen LogP contribution in [0.1, 0.15) is 53.4 Å². The second-order valence-electron chi connectivity index (χ2n) is 5.95. The van der Waals surface area contributed by atoms with E-state index in [0.29, 0.717) is 22.6 Å². The number of hydrogen-bond acceptors (Lipinski definition) is 4. The van der Waals surface area contributed by atoms with E-state index in [1.165, 1.54) is 37.7 Å². The third kappa shape index (κ3) is 3.79. The van der Waals surface area contributed by atoms with E-state index in [1.54, 1.807) is 0 Å². The van der Waals surface area contributed by atoms with E-state index in [-0.39, 0.29) is 5.97 Å². The third-order valence-corrected chi connectivity index (χ3v) is 5.77. The lowest BCUT2D eigenvalue weighted by Gasteiger charge is -2.30. The summed E-state index contributed by atoms with van der Waals surface area (Å²) in [5.41, 5.74) is 1.54. The summed E-state index contributed by atoms with van der Waals surface area (Å²) in [7, 11) is 1.40. The predicted molar refractivity (Wildman–Crippen MR) is 95.9 cm³/mol. The van der Waals surface area contributed by atoms with Crippen molar-refractivity contribution >= 4 is 39.6 Å². The van der Waals surface area contributed by atoms with Gasteiger partial charge in [-0.25, -0.2) is 4.79 Å². The van der Waals surface area contributed by atoms with Crippen molar-refractivity contribution < 1.29 is 9.53 Å². The van der Waals surface area contributed by atoms with Gasteiger partial charge in [0.25, 0.3) is 0 Å². The zero-order chi connectivity index (χ0) is 16.3. The van der Waals surface area contributed by atoms with Crippen LogP contribution in [-0.4, -0.2) is 24.2 Å². The Labute approximate surface area is 141 Å². The molecule has 2 N–H and O–H groups in total. The zero-order valence-electron chi connectivity index (χ0n) is 13.6. The number of anilines is 1. The van der Waals surface area contributed by atoms with Crippen LogP contribution in [0.2, 0.25) is 0 Å². The molecule has 1 aromatic heterocycles. The molecule has 0 saturated heterocycles. The molecule has 0 spiro atoms. The average Bonchev–Trinajstić information content (AvgIpc) is 2.75. The SMILES string of the molecule is COC(=O)c1c(NC(=S)N[C@H]2CCCC[C@H]2C)sc(C)c1C. The van der Waals surface area contributed by atoms with Crippen molar-refractivity contribution in [1.29, 1.82) is 0 Å². The summed E-state index contributed by atoms with van der Waals surface area (Å²) in [5.74, 6) is 0.304. The number of rotatable bonds is 3. The molecule has 1 saturated carbocycles. The van der Waals surface area contributed by atoms with Crippen LogP contribution in [0.4, 0.5) is 5.00 Å². The van der Waals surface area contributed by atoms with Gasteiger partial charge in [0.1, 0.15) is 5.00 Å². The number of carbonyl (C=O) groups is 1. The summed E-state index contributed by atoms with van der Waals surface area (Å²) >= 11 is 6.97. The lowest BCUT2D eigenvalue weighted by molar-refractivity contribution is 0.0601. The van der Waals surface area contributed by atoms with Crippen LogP contribution < -0.4 is 10.6 Å². The second kappa shape index (κ2) is 7.42. The summed E-state index contributed by atoms with van der Waals surface area (Å²) in [6.45, 7) is 6.19. The first kappa shape index (κ1) is 17.2. The first-order chi connectivity index (χ1) is 10.4. The Morgan fingerprint density at radius 2 is 2.00 bits per heavy atom. The molecule has 6 heteroatoms. The number of hydrogen-bond donors (Lipinski definition) is 2. The van der Waals surface area contributed by atoms with Gasteiger partial charge in [0.15, 0.2) is 5.11 Å². The number of esters is 1. The highest BCUT2D eigenvalue weighted by molar-refractivity contribution is 7.80. The van der Waals surface area contributed by atoms with Gasteiger partial charge in [-0.05, 0) is 50.4 Å². The predicted octanol–water partition coefficient (Wildman–Crippen LogP) is 4.02. The summed E-state index contributed by atoms with van der Waals surface area (Å²) < 4.78 is 4.88. The van der Waals surface area contributed by atoms with Gasteiger partial charge in [-0.1, -0.05) is 19.8 Å². The van der Waals surface area contributed by atoms with Gasteiger partial charge in [0, 0.05) is 10.9 Å². The molecule has 1 aliphatic carbocycles. The van der Waals surface area contributed by atoms with E-state index in [0.717, 1.165) is 21.9 Å². The molecule has 1 aliphatic rings. The number of thiocarbonyl (C=S) groups is 1.